The molecule has 1 rings (SSSR count). The molecule has 0 spiro atoms. The maximum Gasteiger partial charge on any atom is 0.419 e. The van der Waals surface area contributed by atoms with E-state index in [2.05, 4.69) is 5.32 Å². The largest absolute Gasteiger partial charge is 0.481 e. The summed E-state index contributed by atoms with van der Waals surface area (Å²) in [5.74, 6) is -4.05. The molecule has 0 saturated heterocycles. The van der Waals surface area contributed by atoms with Crippen LogP contribution in [0, 0.1) is 5.82 Å². The number of hydrogen-bond acceptors (Lipinski definition) is 3. The summed E-state index contributed by atoms with van der Waals surface area (Å²) in [6.45, 7) is 2.83. The molecular weight excluding hydrogens is 306 g/mol. The summed E-state index contributed by atoms with van der Waals surface area (Å²) < 4.78 is 51.0. The zero-order chi connectivity index (χ0) is 17.1. The molecule has 1 aromatic carbocycles. The van der Waals surface area contributed by atoms with Crippen molar-refractivity contribution in [2.24, 2.45) is 0 Å². The molecule has 8 heteroatoms. The van der Waals surface area contributed by atoms with Crippen LogP contribution in [0.3, 0.4) is 0 Å². The van der Waals surface area contributed by atoms with Crippen LogP contribution in [0.15, 0.2) is 18.2 Å². The van der Waals surface area contributed by atoms with E-state index in [0.717, 1.165) is 6.07 Å². The topological polar surface area (TPSA) is 69.6 Å². The molecule has 124 valence electrons. The van der Waals surface area contributed by atoms with Crippen LogP contribution in [0.5, 0.6) is 0 Å². The van der Waals surface area contributed by atoms with Crippen molar-refractivity contribution in [3.8, 4) is 0 Å². The fraction of sp³-hybridized carbons (Fsp3) is 0.500. The fourth-order valence-electron chi connectivity index (χ4n) is 1.76. The number of aliphatic hydroxyl groups is 1. The van der Waals surface area contributed by atoms with Crippen LogP contribution in [0.4, 0.5) is 17.6 Å². The molecule has 3 N–H and O–H groups in total. The standard InChI is InChI=1S/C14H17F4NO3/c1-13(2,7-20)19-6-9(12(21)22)8-3-4-10(11(15)5-8)14(16,17)18/h3-5,9,19-20H,6-7H2,1-2H3,(H,21,22). The third-order valence-electron chi connectivity index (χ3n) is 3.18. The van der Waals surface area contributed by atoms with Gasteiger partial charge in [-0.25, -0.2) is 4.39 Å². The molecule has 22 heavy (non-hydrogen) atoms. The molecule has 0 fully saturated rings. The average Bonchev–Trinajstić information content (AvgIpc) is 2.37. The van der Waals surface area contributed by atoms with Gasteiger partial charge in [-0.1, -0.05) is 6.07 Å². The van der Waals surface area contributed by atoms with E-state index in [4.69, 9.17) is 10.2 Å². The van der Waals surface area contributed by atoms with Gasteiger partial charge in [-0.2, -0.15) is 13.2 Å². The van der Waals surface area contributed by atoms with Gasteiger partial charge in [0.05, 0.1) is 18.1 Å². The molecule has 0 radical (unpaired) electrons. The highest BCUT2D eigenvalue weighted by atomic mass is 19.4. The van der Waals surface area contributed by atoms with Crippen LogP contribution in [-0.2, 0) is 11.0 Å². The lowest BCUT2D eigenvalue weighted by Crippen LogP contribution is -2.45. The van der Waals surface area contributed by atoms with Crippen molar-refractivity contribution >= 4 is 5.97 Å². The molecule has 0 aromatic heterocycles. The van der Waals surface area contributed by atoms with E-state index in [1.165, 1.54) is 0 Å². The summed E-state index contributed by atoms with van der Waals surface area (Å²) in [6.07, 6.45) is -4.83. The molecule has 0 amide bonds. The highest BCUT2D eigenvalue weighted by Gasteiger charge is 2.35. The highest BCUT2D eigenvalue weighted by Crippen LogP contribution is 2.32. The molecule has 0 bridgehead atoms. The molecule has 0 heterocycles. The Kier molecular flexibility index (Phi) is 5.53. The number of aliphatic hydroxyl groups excluding tert-OH is 1. The quantitative estimate of drug-likeness (QED) is 0.703. The Morgan fingerprint density at radius 2 is 1.91 bits per heavy atom. The fourth-order valence-corrected chi connectivity index (χ4v) is 1.76. The van der Waals surface area contributed by atoms with Gasteiger partial charge >= 0.3 is 12.1 Å². The average molecular weight is 323 g/mol. The lowest BCUT2D eigenvalue weighted by atomic mass is 9.96. The normalized spacial score (nSPS) is 14.0. The van der Waals surface area contributed by atoms with Crippen molar-refractivity contribution in [2.45, 2.75) is 31.5 Å². The summed E-state index contributed by atoms with van der Waals surface area (Å²) in [5, 5.41) is 21.0. The van der Waals surface area contributed by atoms with Gasteiger partial charge in [0, 0.05) is 12.1 Å². The molecular formula is C14H17F4NO3. The number of carboxylic acid groups (broad SMARTS) is 1. The van der Waals surface area contributed by atoms with Crippen LogP contribution < -0.4 is 5.32 Å². The third kappa shape index (κ3) is 4.67. The van der Waals surface area contributed by atoms with Crippen LogP contribution in [0.2, 0.25) is 0 Å². The molecule has 4 nitrogen and oxygen atoms in total. The van der Waals surface area contributed by atoms with E-state index in [0.29, 0.717) is 12.1 Å². The molecule has 0 aliphatic rings. The minimum absolute atomic E-state index is 0.0840. The highest BCUT2D eigenvalue weighted by molar-refractivity contribution is 5.76. The van der Waals surface area contributed by atoms with Gasteiger partial charge in [-0.05, 0) is 31.5 Å². The van der Waals surface area contributed by atoms with Gasteiger partial charge in [0.15, 0.2) is 0 Å². The van der Waals surface area contributed by atoms with Crippen molar-refractivity contribution in [2.75, 3.05) is 13.2 Å². The number of halogens is 4. The van der Waals surface area contributed by atoms with Crippen molar-refractivity contribution < 1.29 is 32.6 Å². The van der Waals surface area contributed by atoms with E-state index in [-0.39, 0.29) is 18.7 Å². The number of aliphatic carboxylic acids is 1. The monoisotopic (exact) mass is 323 g/mol. The summed E-state index contributed by atoms with van der Waals surface area (Å²) in [7, 11) is 0. The lowest BCUT2D eigenvalue weighted by Gasteiger charge is -2.26. The van der Waals surface area contributed by atoms with E-state index in [1.54, 1.807) is 13.8 Å². The van der Waals surface area contributed by atoms with E-state index < -0.39 is 35.0 Å². The second-order valence-electron chi connectivity index (χ2n) is 5.55. The summed E-state index contributed by atoms with van der Waals surface area (Å²) in [6, 6.07) is 2.05. The second-order valence-corrected chi connectivity index (χ2v) is 5.55. The Labute approximate surface area is 124 Å². The first-order valence-corrected chi connectivity index (χ1v) is 6.43. The van der Waals surface area contributed by atoms with E-state index >= 15 is 0 Å². The number of rotatable bonds is 6. The maximum atomic E-state index is 13.5. The van der Waals surface area contributed by atoms with E-state index in [9.17, 15) is 22.4 Å². The first-order chi connectivity index (χ1) is 9.98. The van der Waals surface area contributed by atoms with Gasteiger partial charge in [0.1, 0.15) is 5.82 Å². The van der Waals surface area contributed by atoms with Crippen LogP contribution in [-0.4, -0.2) is 34.9 Å². The van der Waals surface area contributed by atoms with Crippen molar-refractivity contribution in [3.63, 3.8) is 0 Å². The predicted octanol–water partition coefficient (Wildman–Crippen LogP) is 2.37. The van der Waals surface area contributed by atoms with E-state index in [1.807, 2.05) is 0 Å². The lowest BCUT2D eigenvalue weighted by molar-refractivity contribution is -0.140. The number of carbonyl (C=O) groups is 1. The SMILES string of the molecule is CC(C)(CO)NCC(C(=O)O)c1ccc(C(F)(F)F)c(F)c1. The van der Waals surface area contributed by atoms with Crippen molar-refractivity contribution in [1.29, 1.82) is 0 Å². The number of hydrogen-bond donors (Lipinski definition) is 3. The molecule has 1 aromatic rings. The molecule has 0 aliphatic heterocycles. The van der Waals surface area contributed by atoms with Crippen molar-refractivity contribution in [1.82, 2.24) is 5.32 Å². The zero-order valence-electron chi connectivity index (χ0n) is 12.0. The smallest absolute Gasteiger partial charge is 0.419 e. The number of benzene rings is 1. The van der Waals surface area contributed by atoms with Gasteiger partial charge in [-0.15, -0.1) is 0 Å². The van der Waals surface area contributed by atoms with Crippen LogP contribution in [0.1, 0.15) is 30.9 Å². The van der Waals surface area contributed by atoms with Gasteiger partial charge < -0.3 is 15.5 Å². The van der Waals surface area contributed by atoms with Crippen LogP contribution in [0.25, 0.3) is 0 Å². The predicted molar refractivity (Wildman–Crippen MR) is 70.9 cm³/mol. The minimum atomic E-state index is -4.83. The third-order valence-corrected chi connectivity index (χ3v) is 3.18. The number of carboxylic acids is 1. The minimum Gasteiger partial charge on any atom is -0.481 e. The Morgan fingerprint density at radius 1 is 1.32 bits per heavy atom. The molecule has 1 atom stereocenters. The summed E-state index contributed by atoms with van der Waals surface area (Å²) >= 11 is 0. The number of alkyl halides is 3. The zero-order valence-corrected chi connectivity index (χ0v) is 12.0. The molecule has 1 unspecified atom stereocenters. The first-order valence-electron chi connectivity index (χ1n) is 6.43. The summed E-state index contributed by atoms with van der Waals surface area (Å²) in [4.78, 5) is 11.3. The second kappa shape index (κ2) is 6.62. The Bertz CT molecular complexity index is 543. The van der Waals surface area contributed by atoms with Gasteiger partial charge in [0.25, 0.3) is 0 Å². The van der Waals surface area contributed by atoms with Gasteiger partial charge in [-0.3, -0.25) is 4.79 Å². The molecule has 0 saturated carbocycles. The Morgan fingerprint density at radius 3 is 2.32 bits per heavy atom. The van der Waals surface area contributed by atoms with Crippen LogP contribution >= 0.6 is 0 Å². The van der Waals surface area contributed by atoms with Gasteiger partial charge in [0.2, 0.25) is 0 Å². The first kappa shape index (κ1) is 18.4. The maximum absolute atomic E-state index is 13.5. The molecule has 0 aliphatic carbocycles. The summed E-state index contributed by atoms with van der Waals surface area (Å²) in [5.41, 5.74) is -2.29. The number of nitrogens with one attached hydrogen (secondary N) is 1. The Balaban J connectivity index is 3.03. The Hall–Kier alpha value is -1.67. The van der Waals surface area contributed by atoms with Crippen molar-refractivity contribution in [3.05, 3.63) is 35.1 Å².